The van der Waals surface area contributed by atoms with Crippen LogP contribution in [0.4, 0.5) is 0 Å². The maximum absolute atomic E-state index is 5.02. The summed E-state index contributed by atoms with van der Waals surface area (Å²) in [7, 11) is 0. The molecule has 0 atom stereocenters. The van der Waals surface area contributed by atoms with Crippen molar-refractivity contribution in [2.45, 2.75) is 20.3 Å². The van der Waals surface area contributed by atoms with E-state index in [2.05, 4.69) is 133 Å². The van der Waals surface area contributed by atoms with Gasteiger partial charge in [-0.15, -0.1) is 0 Å². The first-order valence-corrected chi connectivity index (χ1v) is 15.1. The zero-order valence-electron chi connectivity index (χ0n) is 25.2. The zero-order chi connectivity index (χ0) is 30.2. The van der Waals surface area contributed by atoms with Gasteiger partial charge in [0.25, 0.3) is 0 Å². The van der Waals surface area contributed by atoms with E-state index in [4.69, 9.17) is 4.98 Å². The molecular weight excluding hydrogens is 532 g/mol. The van der Waals surface area contributed by atoms with Gasteiger partial charge < -0.3 is 0 Å². The molecular formula is C42H34N2. The van der Waals surface area contributed by atoms with Crippen LogP contribution in [0.3, 0.4) is 0 Å². The van der Waals surface area contributed by atoms with Crippen LogP contribution in [-0.4, -0.2) is 9.55 Å². The van der Waals surface area contributed by atoms with Crippen molar-refractivity contribution in [3.8, 4) is 11.1 Å². The van der Waals surface area contributed by atoms with Crippen LogP contribution in [0.2, 0.25) is 0 Å². The fraction of sp³-hybridized carbons (Fsp3) is 0.0714. The van der Waals surface area contributed by atoms with E-state index in [9.17, 15) is 0 Å². The van der Waals surface area contributed by atoms with Gasteiger partial charge in [0.05, 0.1) is 11.4 Å². The monoisotopic (exact) mass is 566 g/mol. The van der Waals surface area contributed by atoms with Crippen LogP contribution >= 0.6 is 0 Å². The second-order valence-corrected chi connectivity index (χ2v) is 11.3. The lowest BCUT2D eigenvalue weighted by molar-refractivity contribution is 1.03. The molecule has 1 heterocycles. The normalized spacial score (nSPS) is 13.4. The predicted molar refractivity (Wildman–Crippen MR) is 192 cm³/mol. The van der Waals surface area contributed by atoms with Gasteiger partial charge in [0.1, 0.15) is 5.82 Å². The minimum atomic E-state index is 0.775. The SMILES string of the molecule is C=Cc1c(/C=C\C)nc(C2=CCC(c3c4ccccc4c(-c4ccc5ccccc5c4)c4ccccc34)=CC=C2)n1C(=C)C. The standard InChI is InChI=1S/C42H34N2/c1-5-14-38-39(6-2)44(28(3)4)42(43-38)31-18-13-17-30(24-25-31)40-34-19-9-11-21-36(34)41(37-22-12-10-20-35(37)40)33-26-23-29-15-7-8-16-32(29)27-33/h5-23,25-27H,2-3,24H2,1,4H3/b14-5-. The van der Waals surface area contributed by atoms with Gasteiger partial charge in [-0.05, 0) is 93.1 Å². The number of hydrogen-bond acceptors (Lipinski definition) is 1. The van der Waals surface area contributed by atoms with E-state index in [0.29, 0.717) is 0 Å². The number of rotatable bonds is 6. The molecule has 44 heavy (non-hydrogen) atoms. The number of nitrogens with zero attached hydrogens (tertiary/aromatic N) is 2. The molecule has 1 aliphatic rings. The fourth-order valence-corrected chi connectivity index (χ4v) is 6.61. The topological polar surface area (TPSA) is 17.8 Å². The van der Waals surface area contributed by atoms with E-state index < -0.39 is 0 Å². The highest BCUT2D eigenvalue weighted by Crippen LogP contribution is 2.43. The molecule has 0 fully saturated rings. The average Bonchev–Trinajstić information content (AvgIpc) is 3.25. The van der Waals surface area contributed by atoms with Crippen LogP contribution in [-0.2, 0) is 0 Å². The molecule has 0 bridgehead atoms. The lowest BCUT2D eigenvalue weighted by Gasteiger charge is -2.19. The van der Waals surface area contributed by atoms with Gasteiger partial charge in [0.15, 0.2) is 0 Å². The Morgan fingerprint density at radius 2 is 1.45 bits per heavy atom. The van der Waals surface area contributed by atoms with E-state index in [1.807, 2.05) is 32.1 Å². The van der Waals surface area contributed by atoms with Crippen molar-refractivity contribution >= 4 is 61.3 Å². The summed E-state index contributed by atoms with van der Waals surface area (Å²) in [6.07, 6.45) is 15.6. The van der Waals surface area contributed by atoms with Crippen LogP contribution in [0.15, 0.2) is 135 Å². The molecule has 0 saturated carbocycles. The first-order chi connectivity index (χ1) is 21.6. The Morgan fingerprint density at radius 3 is 2.09 bits per heavy atom. The molecule has 2 nitrogen and oxygen atoms in total. The molecule has 0 N–H and O–H groups in total. The Labute approximate surface area is 259 Å². The van der Waals surface area contributed by atoms with Crippen molar-refractivity contribution in [3.05, 3.63) is 157 Å². The summed E-state index contributed by atoms with van der Waals surface area (Å²) in [5, 5.41) is 7.56. The lowest BCUT2D eigenvalue weighted by atomic mass is 9.84. The summed E-state index contributed by atoms with van der Waals surface area (Å²) < 4.78 is 2.10. The summed E-state index contributed by atoms with van der Waals surface area (Å²) in [6.45, 7) is 12.3. The maximum Gasteiger partial charge on any atom is 0.145 e. The van der Waals surface area contributed by atoms with Crippen molar-refractivity contribution < 1.29 is 0 Å². The van der Waals surface area contributed by atoms with Gasteiger partial charge in [0.2, 0.25) is 0 Å². The van der Waals surface area contributed by atoms with E-state index in [1.54, 1.807) is 0 Å². The zero-order valence-corrected chi connectivity index (χ0v) is 25.2. The van der Waals surface area contributed by atoms with Gasteiger partial charge in [-0.2, -0.15) is 0 Å². The molecule has 0 amide bonds. The quantitative estimate of drug-likeness (QED) is 0.183. The Balaban J connectivity index is 1.41. The highest BCUT2D eigenvalue weighted by molar-refractivity contribution is 6.19. The van der Waals surface area contributed by atoms with Crippen LogP contribution < -0.4 is 0 Å². The number of hydrogen-bond donors (Lipinski definition) is 0. The summed E-state index contributed by atoms with van der Waals surface area (Å²) >= 11 is 0. The van der Waals surface area contributed by atoms with Gasteiger partial charge >= 0.3 is 0 Å². The van der Waals surface area contributed by atoms with Crippen LogP contribution in [0.1, 0.15) is 43.0 Å². The molecule has 1 aromatic heterocycles. The predicted octanol–water partition coefficient (Wildman–Crippen LogP) is 11.6. The molecule has 5 aromatic carbocycles. The summed E-state index contributed by atoms with van der Waals surface area (Å²) in [6, 6.07) is 33.1. The fourth-order valence-electron chi connectivity index (χ4n) is 6.61. The van der Waals surface area contributed by atoms with Gasteiger partial charge in [-0.3, -0.25) is 4.57 Å². The van der Waals surface area contributed by atoms with Crippen molar-refractivity contribution in [1.82, 2.24) is 9.55 Å². The Bertz CT molecular complexity index is 2190. The second-order valence-electron chi connectivity index (χ2n) is 11.3. The minimum absolute atomic E-state index is 0.775. The molecule has 7 rings (SSSR count). The second kappa shape index (κ2) is 11.3. The van der Waals surface area contributed by atoms with Crippen LogP contribution in [0.25, 0.3) is 72.4 Å². The molecule has 0 radical (unpaired) electrons. The average molecular weight is 567 g/mol. The number of benzene rings is 5. The first kappa shape index (κ1) is 27.4. The van der Waals surface area contributed by atoms with E-state index in [-0.39, 0.29) is 0 Å². The van der Waals surface area contributed by atoms with Crippen LogP contribution in [0.5, 0.6) is 0 Å². The molecule has 1 aliphatic carbocycles. The first-order valence-electron chi connectivity index (χ1n) is 15.1. The largest absolute Gasteiger partial charge is 0.297 e. The number of imidazole rings is 1. The van der Waals surface area contributed by atoms with Crippen molar-refractivity contribution in [2.75, 3.05) is 0 Å². The third kappa shape index (κ3) is 4.56. The van der Waals surface area contributed by atoms with Gasteiger partial charge in [0, 0.05) is 11.3 Å². The Morgan fingerprint density at radius 1 is 0.818 bits per heavy atom. The van der Waals surface area contributed by atoms with E-state index in [0.717, 1.165) is 34.9 Å². The minimum Gasteiger partial charge on any atom is -0.297 e. The molecule has 0 aliphatic heterocycles. The van der Waals surface area contributed by atoms with Gasteiger partial charge in [-0.1, -0.05) is 128 Å². The van der Waals surface area contributed by atoms with E-state index in [1.165, 1.54) is 54.6 Å². The third-order valence-corrected chi connectivity index (χ3v) is 8.51. The lowest BCUT2D eigenvalue weighted by Crippen LogP contribution is -2.01. The van der Waals surface area contributed by atoms with E-state index >= 15 is 0 Å². The molecule has 6 aromatic rings. The number of fused-ring (bicyclic) bond motifs is 3. The number of allylic oxidation sites excluding steroid dienone is 8. The smallest absolute Gasteiger partial charge is 0.145 e. The summed E-state index contributed by atoms with van der Waals surface area (Å²) in [5.41, 5.74) is 8.91. The van der Waals surface area contributed by atoms with Crippen molar-refractivity contribution in [1.29, 1.82) is 0 Å². The molecule has 0 unspecified atom stereocenters. The number of aromatic nitrogens is 2. The molecule has 2 heteroatoms. The van der Waals surface area contributed by atoms with Crippen molar-refractivity contribution in [3.63, 3.8) is 0 Å². The summed E-state index contributed by atoms with van der Waals surface area (Å²) in [4.78, 5) is 5.02. The Hall–Kier alpha value is -5.47. The Kier molecular flexibility index (Phi) is 7.04. The van der Waals surface area contributed by atoms with Crippen molar-refractivity contribution in [2.24, 2.45) is 0 Å². The van der Waals surface area contributed by atoms with Gasteiger partial charge in [-0.25, -0.2) is 4.98 Å². The molecule has 0 spiro atoms. The molecule has 0 saturated heterocycles. The molecule has 212 valence electrons. The summed E-state index contributed by atoms with van der Waals surface area (Å²) in [5.74, 6) is 0.882. The highest BCUT2D eigenvalue weighted by Gasteiger charge is 2.20. The highest BCUT2D eigenvalue weighted by atomic mass is 15.1. The maximum atomic E-state index is 5.02. The third-order valence-electron chi connectivity index (χ3n) is 8.51. The van der Waals surface area contributed by atoms with Crippen LogP contribution in [0, 0.1) is 0 Å².